The lowest BCUT2D eigenvalue weighted by molar-refractivity contribution is -0.137. The van der Waals surface area contributed by atoms with Crippen LogP contribution in [0.2, 0.25) is 0 Å². The second kappa shape index (κ2) is 7.67. The van der Waals surface area contributed by atoms with Crippen LogP contribution < -0.4 is 10.2 Å². The molecule has 1 amide bonds. The molecule has 1 heterocycles. The van der Waals surface area contributed by atoms with E-state index in [1.54, 1.807) is 0 Å². The van der Waals surface area contributed by atoms with E-state index in [1.165, 1.54) is 18.2 Å². The van der Waals surface area contributed by atoms with Crippen molar-refractivity contribution < 1.29 is 18.0 Å². The van der Waals surface area contributed by atoms with Crippen molar-refractivity contribution in [3.63, 3.8) is 0 Å². The third-order valence-electron chi connectivity index (χ3n) is 3.89. The Balaban J connectivity index is 1.70. The average molecular weight is 390 g/mol. The Hall–Kier alpha value is -3.43. The van der Waals surface area contributed by atoms with Crippen LogP contribution in [0.5, 0.6) is 0 Å². The minimum Gasteiger partial charge on any atom is -0.378 e. The maximum absolute atomic E-state index is 13.0. The molecule has 3 aromatic rings. The maximum Gasteiger partial charge on any atom is 0.418 e. The number of carbonyl (C=O) groups is 1. The largest absolute Gasteiger partial charge is 0.418 e. The van der Waals surface area contributed by atoms with Crippen LogP contribution in [-0.4, -0.2) is 40.2 Å². The Bertz CT molecular complexity index is 966. The van der Waals surface area contributed by atoms with Crippen molar-refractivity contribution in [1.82, 2.24) is 20.2 Å². The van der Waals surface area contributed by atoms with E-state index in [-0.39, 0.29) is 12.2 Å². The third kappa shape index (κ3) is 4.45. The van der Waals surface area contributed by atoms with Crippen molar-refractivity contribution in [2.24, 2.45) is 0 Å². The minimum atomic E-state index is -4.57. The Morgan fingerprint density at radius 2 is 1.79 bits per heavy atom. The van der Waals surface area contributed by atoms with Crippen molar-refractivity contribution in [2.45, 2.75) is 12.7 Å². The van der Waals surface area contributed by atoms with Gasteiger partial charge in [0.1, 0.15) is 6.54 Å². The number of benzene rings is 2. The van der Waals surface area contributed by atoms with E-state index in [0.29, 0.717) is 11.4 Å². The molecule has 7 nitrogen and oxygen atoms in total. The highest BCUT2D eigenvalue weighted by atomic mass is 19.4. The van der Waals surface area contributed by atoms with Crippen molar-refractivity contribution in [1.29, 1.82) is 0 Å². The number of tetrazole rings is 1. The maximum atomic E-state index is 13.0. The highest BCUT2D eigenvalue weighted by molar-refractivity contribution is 5.91. The predicted molar refractivity (Wildman–Crippen MR) is 97.7 cm³/mol. The molecule has 146 valence electrons. The number of hydrogen-bond donors (Lipinski definition) is 1. The summed E-state index contributed by atoms with van der Waals surface area (Å²) in [5.41, 5.74) is 0.467. The standard InChI is InChI=1S/C18H17F3N6O/c1-26(2)13-9-7-12(8-10-13)17-23-25-27(24-17)11-16(28)22-15-6-4-3-5-14(15)18(19,20)21/h3-10H,11H2,1-2H3,(H,22,28). The minimum absolute atomic E-state index is 0.314. The van der Waals surface area contributed by atoms with E-state index < -0.39 is 17.6 Å². The van der Waals surface area contributed by atoms with E-state index in [0.717, 1.165) is 16.6 Å². The quantitative estimate of drug-likeness (QED) is 0.725. The van der Waals surface area contributed by atoms with Gasteiger partial charge in [-0.15, -0.1) is 10.2 Å². The van der Waals surface area contributed by atoms with Gasteiger partial charge >= 0.3 is 6.18 Å². The number of amides is 1. The Labute approximate surface area is 158 Å². The number of hydrogen-bond acceptors (Lipinski definition) is 5. The van der Waals surface area contributed by atoms with Gasteiger partial charge in [-0.1, -0.05) is 12.1 Å². The molecule has 1 aromatic heterocycles. The molecule has 2 aromatic carbocycles. The average Bonchev–Trinajstić information content (AvgIpc) is 3.09. The first kappa shape index (κ1) is 19.3. The molecule has 0 aliphatic carbocycles. The van der Waals surface area contributed by atoms with Crippen LogP contribution in [0.1, 0.15) is 5.56 Å². The number of para-hydroxylation sites is 1. The molecule has 0 saturated heterocycles. The highest BCUT2D eigenvalue weighted by Gasteiger charge is 2.33. The van der Waals surface area contributed by atoms with Gasteiger partial charge < -0.3 is 10.2 Å². The number of nitrogens with one attached hydrogen (secondary N) is 1. The normalized spacial score (nSPS) is 11.3. The van der Waals surface area contributed by atoms with E-state index in [4.69, 9.17) is 0 Å². The number of anilines is 2. The van der Waals surface area contributed by atoms with Crippen LogP contribution in [-0.2, 0) is 17.5 Å². The summed E-state index contributed by atoms with van der Waals surface area (Å²) in [6.07, 6.45) is -4.57. The molecule has 10 heteroatoms. The summed E-state index contributed by atoms with van der Waals surface area (Å²) in [5.74, 6) is -0.377. The van der Waals surface area contributed by atoms with Crippen LogP contribution in [0, 0.1) is 0 Å². The van der Waals surface area contributed by atoms with Gasteiger partial charge in [-0.3, -0.25) is 4.79 Å². The summed E-state index contributed by atoms with van der Waals surface area (Å²) >= 11 is 0. The van der Waals surface area contributed by atoms with Gasteiger partial charge in [0, 0.05) is 25.3 Å². The summed E-state index contributed by atoms with van der Waals surface area (Å²) in [4.78, 5) is 15.1. The Morgan fingerprint density at radius 3 is 2.43 bits per heavy atom. The number of alkyl halides is 3. The molecule has 1 N–H and O–H groups in total. The number of nitrogens with zero attached hydrogens (tertiary/aromatic N) is 5. The first-order chi connectivity index (χ1) is 13.2. The Kier molecular flexibility index (Phi) is 5.30. The molecule has 0 bridgehead atoms. The van der Waals surface area contributed by atoms with E-state index in [1.807, 2.05) is 43.3 Å². The monoisotopic (exact) mass is 390 g/mol. The zero-order valence-corrected chi connectivity index (χ0v) is 15.1. The first-order valence-electron chi connectivity index (χ1n) is 8.25. The summed E-state index contributed by atoms with van der Waals surface area (Å²) in [7, 11) is 3.83. The number of aromatic nitrogens is 4. The first-order valence-corrected chi connectivity index (χ1v) is 8.25. The van der Waals surface area contributed by atoms with Gasteiger partial charge in [-0.05, 0) is 41.6 Å². The summed E-state index contributed by atoms with van der Waals surface area (Å²) < 4.78 is 39.0. The molecule has 0 spiro atoms. The highest BCUT2D eigenvalue weighted by Crippen LogP contribution is 2.34. The number of halogens is 3. The van der Waals surface area contributed by atoms with Gasteiger partial charge in [0.25, 0.3) is 0 Å². The van der Waals surface area contributed by atoms with Crippen LogP contribution in [0.25, 0.3) is 11.4 Å². The molecule has 0 radical (unpaired) electrons. The van der Waals surface area contributed by atoms with Gasteiger partial charge in [0.2, 0.25) is 11.7 Å². The van der Waals surface area contributed by atoms with E-state index >= 15 is 0 Å². The van der Waals surface area contributed by atoms with Crippen molar-refractivity contribution in [3.8, 4) is 11.4 Å². The lowest BCUT2D eigenvalue weighted by Gasteiger charge is -2.13. The zero-order valence-electron chi connectivity index (χ0n) is 15.1. The summed E-state index contributed by atoms with van der Waals surface area (Å²) in [6.45, 7) is -0.366. The molecule has 0 atom stereocenters. The summed E-state index contributed by atoms with van der Waals surface area (Å²) in [6, 6.07) is 12.2. The van der Waals surface area contributed by atoms with Gasteiger partial charge in [-0.2, -0.15) is 18.0 Å². The van der Waals surface area contributed by atoms with Crippen molar-refractivity contribution in [3.05, 3.63) is 54.1 Å². The number of rotatable bonds is 5. The molecule has 0 unspecified atom stereocenters. The van der Waals surface area contributed by atoms with E-state index in [2.05, 4.69) is 20.7 Å². The molecule has 0 fully saturated rings. The fraction of sp³-hybridized carbons (Fsp3) is 0.222. The lowest BCUT2D eigenvalue weighted by atomic mass is 10.1. The van der Waals surface area contributed by atoms with Crippen molar-refractivity contribution in [2.75, 3.05) is 24.3 Å². The fourth-order valence-corrected chi connectivity index (χ4v) is 2.49. The van der Waals surface area contributed by atoms with E-state index in [9.17, 15) is 18.0 Å². The lowest BCUT2D eigenvalue weighted by Crippen LogP contribution is -2.22. The van der Waals surface area contributed by atoms with Gasteiger partial charge in [-0.25, -0.2) is 0 Å². The Morgan fingerprint density at radius 1 is 1.11 bits per heavy atom. The van der Waals surface area contributed by atoms with Crippen LogP contribution in [0.4, 0.5) is 24.5 Å². The van der Waals surface area contributed by atoms with Crippen molar-refractivity contribution >= 4 is 17.3 Å². The number of carbonyl (C=O) groups excluding carboxylic acids is 1. The topological polar surface area (TPSA) is 75.9 Å². The SMILES string of the molecule is CN(C)c1ccc(-c2nnn(CC(=O)Nc3ccccc3C(F)(F)F)n2)cc1. The predicted octanol–water partition coefficient (Wildman–Crippen LogP) is 3.06. The zero-order chi connectivity index (χ0) is 20.3. The molecule has 0 aliphatic rings. The van der Waals surface area contributed by atoms with Gasteiger partial charge in [0.15, 0.2) is 0 Å². The molecule has 3 rings (SSSR count). The molecule has 28 heavy (non-hydrogen) atoms. The summed E-state index contributed by atoms with van der Waals surface area (Å²) in [5, 5.41) is 14.0. The molecule has 0 aliphatic heterocycles. The van der Waals surface area contributed by atoms with Crippen LogP contribution in [0.15, 0.2) is 48.5 Å². The van der Waals surface area contributed by atoms with Crippen LogP contribution >= 0.6 is 0 Å². The molecular formula is C18H17F3N6O. The third-order valence-corrected chi connectivity index (χ3v) is 3.89. The second-order valence-corrected chi connectivity index (χ2v) is 6.18. The second-order valence-electron chi connectivity index (χ2n) is 6.18. The van der Waals surface area contributed by atoms with Crippen LogP contribution in [0.3, 0.4) is 0 Å². The molecular weight excluding hydrogens is 373 g/mol. The smallest absolute Gasteiger partial charge is 0.378 e. The molecule has 0 saturated carbocycles. The van der Waals surface area contributed by atoms with Gasteiger partial charge in [0.05, 0.1) is 11.3 Å². The fourth-order valence-electron chi connectivity index (χ4n) is 2.49.